The number of rotatable bonds is 5. The first-order valence-corrected chi connectivity index (χ1v) is 6.16. The van der Waals surface area contributed by atoms with Gasteiger partial charge in [0.2, 0.25) is 5.78 Å². The van der Waals surface area contributed by atoms with Gasteiger partial charge < -0.3 is 4.74 Å². The Morgan fingerprint density at radius 2 is 1.65 bits per heavy atom. The molecule has 2 aromatic carbocycles. The Labute approximate surface area is 116 Å². The Morgan fingerprint density at radius 1 is 1.05 bits per heavy atom. The van der Waals surface area contributed by atoms with Gasteiger partial charge in [-0.15, -0.1) is 0 Å². The zero-order valence-electron chi connectivity index (χ0n) is 11.0. The van der Waals surface area contributed by atoms with E-state index in [0.717, 1.165) is 5.56 Å². The second-order valence-corrected chi connectivity index (χ2v) is 4.52. The summed E-state index contributed by atoms with van der Waals surface area (Å²) in [6.45, 7) is 0.979. The van der Waals surface area contributed by atoms with E-state index in [0.29, 0.717) is 19.3 Å². The molecular formula is C16H14F2O2. The second-order valence-electron chi connectivity index (χ2n) is 4.52. The molecule has 20 heavy (non-hydrogen) atoms. The van der Waals surface area contributed by atoms with Crippen molar-refractivity contribution in [3.63, 3.8) is 0 Å². The van der Waals surface area contributed by atoms with Crippen molar-refractivity contribution in [3.05, 3.63) is 65.7 Å². The lowest BCUT2D eigenvalue weighted by Crippen LogP contribution is -2.24. The fraction of sp³-hybridized carbons (Fsp3) is 0.188. The summed E-state index contributed by atoms with van der Waals surface area (Å²) in [5, 5.41) is 0. The zero-order chi connectivity index (χ0) is 14.6. The minimum atomic E-state index is -3.35. The maximum Gasteiger partial charge on any atom is 0.307 e. The molecule has 0 N–H and O–H groups in total. The molecule has 0 bridgehead atoms. The average molecular weight is 276 g/mol. The lowest BCUT2D eigenvalue weighted by molar-refractivity contribution is 0.0221. The molecule has 0 aliphatic rings. The molecule has 0 fully saturated rings. The van der Waals surface area contributed by atoms with E-state index in [-0.39, 0.29) is 5.56 Å². The Hall–Kier alpha value is -2.23. The predicted octanol–water partition coefficient (Wildman–Crippen LogP) is 4.10. The molecule has 4 heteroatoms. The summed E-state index contributed by atoms with van der Waals surface area (Å²) in [5.41, 5.74) is 0.984. The van der Waals surface area contributed by atoms with Crippen LogP contribution in [0.25, 0.3) is 0 Å². The maximum absolute atomic E-state index is 12.9. The highest BCUT2D eigenvalue weighted by Crippen LogP contribution is 2.21. The monoisotopic (exact) mass is 276 g/mol. The van der Waals surface area contributed by atoms with Crippen LogP contribution in [0.15, 0.2) is 54.6 Å². The smallest absolute Gasteiger partial charge is 0.307 e. The van der Waals surface area contributed by atoms with E-state index < -0.39 is 11.7 Å². The normalized spacial score (nSPS) is 11.2. The van der Waals surface area contributed by atoms with Gasteiger partial charge in [0.25, 0.3) is 0 Å². The number of ether oxygens (including phenoxy) is 1. The standard InChI is InChI=1S/C16H14F2O2/c1-16(17,18)15(19)13-7-9-14(10-8-13)20-11-12-5-3-2-4-6-12/h2-10H,11H2,1H3. The molecule has 0 radical (unpaired) electrons. The lowest BCUT2D eigenvalue weighted by Gasteiger charge is -2.10. The number of hydrogen-bond acceptors (Lipinski definition) is 2. The first-order valence-electron chi connectivity index (χ1n) is 6.16. The Bertz CT molecular complexity index is 572. The molecule has 0 heterocycles. The zero-order valence-corrected chi connectivity index (χ0v) is 11.0. The van der Waals surface area contributed by atoms with E-state index in [1.165, 1.54) is 24.3 Å². The maximum atomic E-state index is 12.9. The molecule has 104 valence electrons. The molecule has 0 aliphatic carbocycles. The van der Waals surface area contributed by atoms with Gasteiger partial charge in [0.15, 0.2) is 0 Å². The Morgan fingerprint density at radius 3 is 2.20 bits per heavy atom. The summed E-state index contributed by atoms with van der Waals surface area (Å²) in [7, 11) is 0. The molecule has 0 aromatic heterocycles. The number of benzene rings is 2. The van der Waals surface area contributed by atoms with Gasteiger partial charge in [0.1, 0.15) is 12.4 Å². The predicted molar refractivity (Wildman–Crippen MR) is 72.2 cm³/mol. The van der Waals surface area contributed by atoms with Crippen molar-refractivity contribution in [1.29, 1.82) is 0 Å². The van der Waals surface area contributed by atoms with Gasteiger partial charge in [0, 0.05) is 12.5 Å². The summed E-state index contributed by atoms with van der Waals surface area (Å²) in [5.74, 6) is -4.01. The Balaban J connectivity index is 2.00. The van der Waals surface area contributed by atoms with Crippen LogP contribution in [0, 0.1) is 0 Å². The molecule has 0 saturated heterocycles. The molecule has 0 atom stereocenters. The number of alkyl halides is 2. The highest BCUT2D eigenvalue weighted by molar-refractivity contribution is 6.01. The summed E-state index contributed by atoms with van der Waals surface area (Å²) < 4.78 is 31.3. The number of halogens is 2. The molecule has 2 aromatic rings. The largest absolute Gasteiger partial charge is 0.489 e. The van der Waals surface area contributed by atoms with Gasteiger partial charge in [-0.25, -0.2) is 0 Å². The molecule has 0 aliphatic heterocycles. The highest BCUT2D eigenvalue weighted by Gasteiger charge is 2.32. The third kappa shape index (κ3) is 3.63. The van der Waals surface area contributed by atoms with Crippen LogP contribution in [0.1, 0.15) is 22.8 Å². The summed E-state index contributed by atoms with van der Waals surface area (Å²) in [6, 6.07) is 15.3. The van der Waals surface area contributed by atoms with Crippen molar-refractivity contribution in [2.75, 3.05) is 0 Å². The minimum Gasteiger partial charge on any atom is -0.489 e. The van der Waals surface area contributed by atoms with Gasteiger partial charge in [-0.1, -0.05) is 30.3 Å². The van der Waals surface area contributed by atoms with Crippen LogP contribution in [0.4, 0.5) is 8.78 Å². The van der Waals surface area contributed by atoms with Crippen LogP contribution >= 0.6 is 0 Å². The van der Waals surface area contributed by atoms with E-state index in [4.69, 9.17) is 4.74 Å². The van der Waals surface area contributed by atoms with Crippen LogP contribution in [-0.4, -0.2) is 11.7 Å². The summed E-state index contributed by atoms with van der Waals surface area (Å²) >= 11 is 0. The molecule has 0 saturated carbocycles. The molecule has 0 amide bonds. The summed E-state index contributed by atoms with van der Waals surface area (Å²) in [4.78, 5) is 11.4. The SMILES string of the molecule is CC(F)(F)C(=O)c1ccc(OCc2ccccc2)cc1. The van der Waals surface area contributed by atoms with E-state index >= 15 is 0 Å². The minimum absolute atomic E-state index is 0.0236. The summed E-state index contributed by atoms with van der Waals surface area (Å²) in [6.07, 6.45) is 0. The average Bonchev–Trinajstić information content (AvgIpc) is 2.45. The molecule has 2 nitrogen and oxygen atoms in total. The molecule has 0 unspecified atom stereocenters. The van der Waals surface area contributed by atoms with E-state index in [1.807, 2.05) is 30.3 Å². The van der Waals surface area contributed by atoms with E-state index in [2.05, 4.69) is 0 Å². The first kappa shape index (κ1) is 14.2. The van der Waals surface area contributed by atoms with Gasteiger partial charge in [-0.05, 0) is 29.8 Å². The molecule has 2 rings (SSSR count). The third-order valence-electron chi connectivity index (χ3n) is 2.76. The van der Waals surface area contributed by atoms with Crippen LogP contribution < -0.4 is 4.74 Å². The van der Waals surface area contributed by atoms with Crippen molar-refractivity contribution in [3.8, 4) is 5.75 Å². The van der Waals surface area contributed by atoms with Gasteiger partial charge in [0.05, 0.1) is 0 Å². The fourth-order valence-electron chi connectivity index (χ4n) is 1.70. The van der Waals surface area contributed by atoms with Crippen molar-refractivity contribution in [1.82, 2.24) is 0 Å². The van der Waals surface area contributed by atoms with Gasteiger partial charge >= 0.3 is 5.92 Å². The third-order valence-corrected chi connectivity index (χ3v) is 2.76. The van der Waals surface area contributed by atoms with Crippen molar-refractivity contribution >= 4 is 5.78 Å². The van der Waals surface area contributed by atoms with Crippen LogP contribution in [0.3, 0.4) is 0 Å². The van der Waals surface area contributed by atoms with Crippen molar-refractivity contribution in [2.45, 2.75) is 19.5 Å². The van der Waals surface area contributed by atoms with Crippen LogP contribution in [0.5, 0.6) is 5.75 Å². The highest BCUT2D eigenvalue weighted by atomic mass is 19.3. The first-order chi connectivity index (χ1) is 9.47. The Kier molecular flexibility index (Phi) is 4.13. The van der Waals surface area contributed by atoms with Crippen molar-refractivity contribution in [2.24, 2.45) is 0 Å². The van der Waals surface area contributed by atoms with E-state index in [1.54, 1.807) is 0 Å². The van der Waals surface area contributed by atoms with Crippen LogP contribution in [-0.2, 0) is 6.61 Å². The second kappa shape index (κ2) is 5.82. The van der Waals surface area contributed by atoms with Crippen molar-refractivity contribution < 1.29 is 18.3 Å². The lowest BCUT2D eigenvalue weighted by atomic mass is 10.1. The molecular weight excluding hydrogens is 262 g/mol. The number of hydrogen-bond donors (Lipinski definition) is 0. The number of ketones is 1. The van der Waals surface area contributed by atoms with E-state index in [9.17, 15) is 13.6 Å². The number of carbonyl (C=O) groups excluding carboxylic acids is 1. The quantitative estimate of drug-likeness (QED) is 0.768. The molecule has 0 spiro atoms. The number of carbonyl (C=O) groups is 1. The van der Waals surface area contributed by atoms with Gasteiger partial charge in [-0.2, -0.15) is 8.78 Å². The van der Waals surface area contributed by atoms with Gasteiger partial charge in [-0.3, -0.25) is 4.79 Å². The number of Topliss-reactive ketones (excluding diaryl/α,β-unsaturated/α-hetero) is 1. The topological polar surface area (TPSA) is 26.3 Å². The fourth-order valence-corrected chi connectivity index (χ4v) is 1.70. The van der Waals surface area contributed by atoms with Crippen LogP contribution in [0.2, 0.25) is 0 Å².